The Morgan fingerprint density at radius 1 is 1.10 bits per heavy atom. The number of hydrogen-bond acceptors (Lipinski definition) is 11. The van der Waals surface area contributed by atoms with Crippen molar-refractivity contribution in [1.29, 1.82) is 0 Å². The first-order valence-electron chi connectivity index (χ1n) is 8.67. The smallest absolute Gasteiger partial charge is 0.303 e. The Morgan fingerprint density at radius 3 is 2.41 bits per heavy atom. The van der Waals surface area contributed by atoms with E-state index in [1.165, 1.54) is 49.7 Å². The molecule has 0 saturated carbocycles. The van der Waals surface area contributed by atoms with Crippen LogP contribution in [0.3, 0.4) is 0 Å². The summed E-state index contributed by atoms with van der Waals surface area (Å²) in [6.45, 7) is 3.52. The first-order chi connectivity index (χ1) is 13.8. The number of thioether (sulfide) groups is 1. The van der Waals surface area contributed by atoms with Crippen LogP contribution in [0.15, 0.2) is 17.6 Å². The highest BCUT2D eigenvalue weighted by molar-refractivity contribution is 7.98. The third-order valence-electron chi connectivity index (χ3n) is 4.13. The second-order valence-electron chi connectivity index (χ2n) is 6.22. The summed E-state index contributed by atoms with van der Waals surface area (Å²) in [6, 6.07) is 0. The zero-order valence-corrected chi connectivity index (χ0v) is 17.0. The number of esters is 3. The van der Waals surface area contributed by atoms with E-state index in [0.717, 1.165) is 0 Å². The number of fused-ring (bicyclic) bond motifs is 1. The highest BCUT2D eigenvalue weighted by atomic mass is 32.2. The van der Waals surface area contributed by atoms with Crippen molar-refractivity contribution in [2.24, 2.45) is 0 Å². The van der Waals surface area contributed by atoms with Crippen molar-refractivity contribution in [1.82, 2.24) is 19.7 Å². The van der Waals surface area contributed by atoms with Crippen molar-refractivity contribution in [3.8, 4) is 0 Å². The van der Waals surface area contributed by atoms with Gasteiger partial charge in [0.25, 0.3) is 0 Å². The van der Waals surface area contributed by atoms with Crippen molar-refractivity contribution in [3.63, 3.8) is 0 Å². The van der Waals surface area contributed by atoms with Gasteiger partial charge in [-0.25, -0.2) is 14.6 Å². The number of ether oxygens (including phenoxy) is 4. The largest absolute Gasteiger partial charge is 0.463 e. The molecule has 156 valence electrons. The summed E-state index contributed by atoms with van der Waals surface area (Å²) in [5.74, 6) is -1.71. The molecule has 0 aliphatic carbocycles. The molecule has 0 bridgehead atoms. The average molecular weight is 424 g/mol. The Morgan fingerprint density at radius 2 is 1.79 bits per heavy atom. The zero-order valence-electron chi connectivity index (χ0n) is 16.2. The fourth-order valence-corrected chi connectivity index (χ4v) is 3.64. The summed E-state index contributed by atoms with van der Waals surface area (Å²) >= 11 is 1.39. The molecule has 0 amide bonds. The highest BCUT2D eigenvalue weighted by Gasteiger charge is 2.51. The second-order valence-corrected chi connectivity index (χ2v) is 7.02. The molecule has 1 fully saturated rings. The third-order valence-corrected chi connectivity index (χ3v) is 4.81. The summed E-state index contributed by atoms with van der Waals surface area (Å²) in [7, 11) is 0. The molecular formula is C17H20N4O7S. The maximum Gasteiger partial charge on any atom is 0.303 e. The van der Waals surface area contributed by atoms with Crippen LogP contribution in [0.5, 0.6) is 0 Å². The van der Waals surface area contributed by atoms with Crippen molar-refractivity contribution >= 4 is 40.7 Å². The molecule has 0 N–H and O–H groups in total. The molecule has 0 aromatic carbocycles. The van der Waals surface area contributed by atoms with Crippen LogP contribution in [0.4, 0.5) is 0 Å². The summed E-state index contributed by atoms with van der Waals surface area (Å²) in [4.78, 5) is 43.1. The molecule has 2 aromatic rings. The van der Waals surface area contributed by atoms with Crippen LogP contribution in [-0.4, -0.2) is 68.8 Å². The van der Waals surface area contributed by atoms with Crippen LogP contribution in [0.2, 0.25) is 0 Å². The predicted octanol–water partition coefficient (Wildman–Crippen LogP) is 0.872. The van der Waals surface area contributed by atoms with Gasteiger partial charge in [0.15, 0.2) is 18.4 Å². The summed E-state index contributed by atoms with van der Waals surface area (Å²) in [5, 5.41) is 4.97. The minimum atomic E-state index is -1.02. The molecule has 3 heterocycles. The van der Waals surface area contributed by atoms with E-state index in [1.54, 1.807) is 0 Å². The Hall–Kier alpha value is -2.73. The lowest BCUT2D eigenvalue weighted by Crippen LogP contribution is -2.40. The Kier molecular flexibility index (Phi) is 6.33. The van der Waals surface area contributed by atoms with Crippen LogP contribution in [0, 0.1) is 0 Å². The fourth-order valence-electron chi connectivity index (χ4n) is 3.09. The Bertz CT molecular complexity index is 934. The molecule has 1 aliphatic heterocycles. The molecule has 0 unspecified atom stereocenters. The number of rotatable bonds is 6. The van der Waals surface area contributed by atoms with E-state index < -0.39 is 42.4 Å². The first-order valence-corrected chi connectivity index (χ1v) is 9.89. The molecule has 2 aromatic heterocycles. The predicted molar refractivity (Wildman–Crippen MR) is 98.8 cm³/mol. The summed E-state index contributed by atoms with van der Waals surface area (Å²) in [6.07, 6.45) is 0.980. The quantitative estimate of drug-likeness (QED) is 0.283. The maximum atomic E-state index is 11.7. The molecule has 3 rings (SSSR count). The molecule has 12 heteroatoms. The normalized spacial score (nSPS) is 23.7. The third kappa shape index (κ3) is 4.48. The lowest BCUT2D eigenvalue weighted by molar-refractivity contribution is -0.166. The van der Waals surface area contributed by atoms with E-state index in [9.17, 15) is 14.4 Å². The molecule has 29 heavy (non-hydrogen) atoms. The number of carbonyl (C=O) groups is 3. The van der Waals surface area contributed by atoms with E-state index in [2.05, 4.69) is 15.1 Å². The first kappa shape index (κ1) is 21.0. The van der Waals surface area contributed by atoms with Crippen LogP contribution >= 0.6 is 11.8 Å². The minimum absolute atomic E-state index is 0.188. The second kappa shape index (κ2) is 8.74. The number of nitrogens with zero attached hydrogens (tertiary/aromatic N) is 4. The zero-order chi connectivity index (χ0) is 21.1. The lowest BCUT2D eigenvalue weighted by Gasteiger charge is -2.23. The number of hydrogen-bond donors (Lipinski definition) is 0. The average Bonchev–Trinajstić information content (AvgIpc) is 3.21. The van der Waals surface area contributed by atoms with Crippen LogP contribution in [0.1, 0.15) is 27.0 Å². The molecule has 1 saturated heterocycles. The topological polar surface area (TPSA) is 132 Å². The van der Waals surface area contributed by atoms with Gasteiger partial charge in [-0.2, -0.15) is 5.10 Å². The standard InChI is InChI=1S/C17H20N4O7S/c1-8(22)25-6-12-14(26-9(2)23)15(27-10(3)24)17(28-12)21-13-11(5-20-21)18-7-19-16(13)29-4/h5,7,12,14-15,17H,6H2,1-4H3/t12-,14-,15-,17-/m1/s1. The van der Waals surface area contributed by atoms with Gasteiger partial charge < -0.3 is 18.9 Å². The van der Waals surface area contributed by atoms with Gasteiger partial charge in [0.1, 0.15) is 35.1 Å². The van der Waals surface area contributed by atoms with Gasteiger partial charge >= 0.3 is 17.9 Å². The van der Waals surface area contributed by atoms with Gasteiger partial charge in [0, 0.05) is 20.8 Å². The highest BCUT2D eigenvalue weighted by Crippen LogP contribution is 2.37. The fraction of sp³-hybridized carbons (Fsp3) is 0.529. The van der Waals surface area contributed by atoms with Crippen molar-refractivity contribution < 1.29 is 33.3 Å². The minimum Gasteiger partial charge on any atom is -0.463 e. The molecule has 4 atom stereocenters. The van der Waals surface area contributed by atoms with Crippen molar-refractivity contribution in [2.45, 2.75) is 50.3 Å². The van der Waals surface area contributed by atoms with Gasteiger partial charge in [-0.05, 0) is 6.26 Å². The summed E-state index contributed by atoms with van der Waals surface area (Å²) in [5.41, 5.74) is 1.15. The van der Waals surface area contributed by atoms with E-state index in [0.29, 0.717) is 16.1 Å². The van der Waals surface area contributed by atoms with Gasteiger partial charge in [-0.15, -0.1) is 11.8 Å². The molecule has 0 radical (unpaired) electrons. The molecule has 0 spiro atoms. The van der Waals surface area contributed by atoms with Gasteiger partial charge in [-0.3, -0.25) is 14.4 Å². The van der Waals surface area contributed by atoms with E-state index in [-0.39, 0.29) is 6.61 Å². The van der Waals surface area contributed by atoms with Gasteiger partial charge in [0.2, 0.25) is 0 Å². The van der Waals surface area contributed by atoms with Crippen molar-refractivity contribution in [3.05, 3.63) is 12.5 Å². The van der Waals surface area contributed by atoms with E-state index in [1.807, 2.05) is 6.26 Å². The van der Waals surface area contributed by atoms with Crippen molar-refractivity contribution in [2.75, 3.05) is 12.9 Å². The van der Waals surface area contributed by atoms with Crippen LogP contribution in [-0.2, 0) is 33.3 Å². The Labute approximate surface area is 170 Å². The number of aromatic nitrogens is 4. The van der Waals surface area contributed by atoms with Gasteiger partial charge in [-0.1, -0.05) is 0 Å². The summed E-state index contributed by atoms with van der Waals surface area (Å²) < 4.78 is 23.3. The molecular weight excluding hydrogens is 404 g/mol. The molecule has 11 nitrogen and oxygen atoms in total. The molecule has 1 aliphatic rings. The van der Waals surface area contributed by atoms with Gasteiger partial charge in [0.05, 0.1) is 6.20 Å². The van der Waals surface area contributed by atoms with Crippen LogP contribution < -0.4 is 0 Å². The Balaban J connectivity index is 2.04. The van der Waals surface area contributed by atoms with Crippen LogP contribution in [0.25, 0.3) is 11.0 Å². The van der Waals surface area contributed by atoms with E-state index in [4.69, 9.17) is 18.9 Å². The number of carbonyl (C=O) groups excluding carboxylic acids is 3. The van der Waals surface area contributed by atoms with E-state index >= 15 is 0 Å². The maximum absolute atomic E-state index is 11.7. The SMILES string of the molecule is CSc1ncnc2cnn([C@@H]3O[C@H](COC(C)=O)[C@@H](OC(C)=O)[C@H]3OC(C)=O)c12. The monoisotopic (exact) mass is 424 g/mol. The lowest BCUT2D eigenvalue weighted by atomic mass is 10.1.